The largest absolute Gasteiger partial charge is 0.453 e. The minimum atomic E-state index is -0.691. The number of aromatic amines is 2. The molecule has 8 rings (SSSR count). The summed E-state index contributed by atoms with van der Waals surface area (Å²) in [5.74, 6) is 1.30. The van der Waals surface area contributed by atoms with E-state index in [9.17, 15) is 19.2 Å². The topological polar surface area (TPSA) is 175 Å². The van der Waals surface area contributed by atoms with Crippen LogP contribution in [0.3, 0.4) is 0 Å². The molecule has 4 heterocycles. The predicted octanol–water partition coefficient (Wildman–Crippen LogP) is 5.16. The van der Waals surface area contributed by atoms with Gasteiger partial charge in [-0.25, -0.2) is 19.6 Å². The van der Waals surface area contributed by atoms with Gasteiger partial charge in [0, 0.05) is 30.4 Å². The highest BCUT2D eigenvalue weighted by Gasteiger charge is 2.51. The first-order valence-electron chi connectivity index (χ1n) is 18.6. The van der Waals surface area contributed by atoms with E-state index in [1.807, 2.05) is 17.3 Å². The highest BCUT2D eigenvalue weighted by molar-refractivity contribution is 5.86. The van der Waals surface area contributed by atoms with Crippen molar-refractivity contribution in [2.75, 3.05) is 27.3 Å². The van der Waals surface area contributed by atoms with Crippen LogP contribution in [-0.2, 0) is 29.9 Å². The number of nitrogens with one attached hydrogen (secondary N) is 4. The maximum atomic E-state index is 13.2. The highest BCUT2D eigenvalue weighted by Crippen LogP contribution is 2.58. The van der Waals surface area contributed by atoms with E-state index >= 15 is 0 Å². The van der Waals surface area contributed by atoms with E-state index in [1.165, 1.54) is 25.5 Å². The number of ether oxygens (including phenoxy) is 2. The third-order valence-electron chi connectivity index (χ3n) is 12.3. The van der Waals surface area contributed by atoms with Crippen LogP contribution in [0.1, 0.15) is 113 Å². The summed E-state index contributed by atoms with van der Waals surface area (Å²) in [6.45, 7) is 4.60. The van der Waals surface area contributed by atoms with E-state index in [1.54, 1.807) is 18.7 Å². The Balaban J connectivity index is 0.984. The van der Waals surface area contributed by atoms with Crippen LogP contribution in [0.25, 0.3) is 11.3 Å². The number of methoxy groups -OCH3 is 2. The molecule has 0 radical (unpaired) electrons. The molecule has 0 spiro atoms. The number of fused-ring (bicyclic) bond motifs is 3. The molecule has 3 aromatic rings. The normalized spacial score (nSPS) is 26.5. The first-order chi connectivity index (χ1) is 25.1. The zero-order valence-corrected chi connectivity index (χ0v) is 30.5. The number of hydrogen-bond acceptors (Lipinski definition) is 8. The Morgan fingerprint density at radius 1 is 0.731 bits per heavy atom. The van der Waals surface area contributed by atoms with Crippen molar-refractivity contribution < 1.29 is 28.7 Å². The number of H-pyrrole nitrogens is 2. The maximum Gasteiger partial charge on any atom is 0.407 e. The summed E-state index contributed by atoms with van der Waals surface area (Å²) < 4.78 is 9.34. The lowest BCUT2D eigenvalue weighted by atomic mass is 9.51. The van der Waals surface area contributed by atoms with Crippen molar-refractivity contribution in [1.29, 1.82) is 0 Å². The van der Waals surface area contributed by atoms with Crippen molar-refractivity contribution in [3.05, 3.63) is 59.6 Å². The van der Waals surface area contributed by atoms with Crippen LogP contribution >= 0.6 is 0 Å². The molecular weight excluding hydrogens is 664 g/mol. The van der Waals surface area contributed by atoms with Crippen molar-refractivity contribution in [3.63, 3.8) is 0 Å². The summed E-state index contributed by atoms with van der Waals surface area (Å²) in [6.07, 6.45) is 12.6. The van der Waals surface area contributed by atoms with Gasteiger partial charge in [0.25, 0.3) is 0 Å². The summed E-state index contributed by atoms with van der Waals surface area (Å²) in [6, 6.07) is 7.23. The lowest BCUT2D eigenvalue weighted by Crippen LogP contribution is -2.47. The summed E-state index contributed by atoms with van der Waals surface area (Å²) in [5, 5.41) is 5.17. The number of rotatable bonds is 9. The number of imidazole rings is 2. The first kappa shape index (κ1) is 35.5. The van der Waals surface area contributed by atoms with Crippen molar-refractivity contribution in [2.45, 2.75) is 113 Å². The molecule has 14 heteroatoms. The van der Waals surface area contributed by atoms with Gasteiger partial charge in [-0.2, -0.15) is 0 Å². The first-order valence-corrected chi connectivity index (χ1v) is 18.6. The average Bonchev–Trinajstić information content (AvgIpc) is 4.01. The maximum absolute atomic E-state index is 13.2. The van der Waals surface area contributed by atoms with Crippen molar-refractivity contribution in [3.8, 4) is 11.3 Å². The van der Waals surface area contributed by atoms with Crippen molar-refractivity contribution in [1.82, 2.24) is 40.4 Å². The van der Waals surface area contributed by atoms with Crippen LogP contribution < -0.4 is 10.6 Å². The molecule has 2 saturated heterocycles. The summed E-state index contributed by atoms with van der Waals surface area (Å²) in [4.78, 5) is 70.0. The summed E-state index contributed by atoms with van der Waals surface area (Å²) >= 11 is 0. The Hall–Kier alpha value is -4.88. The van der Waals surface area contributed by atoms with E-state index in [-0.39, 0.29) is 34.7 Å². The summed E-state index contributed by atoms with van der Waals surface area (Å²) in [7, 11) is 2.57. The molecule has 4 N–H and O–H groups in total. The Morgan fingerprint density at radius 3 is 1.73 bits per heavy atom. The van der Waals surface area contributed by atoms with Crippen LogP contribution in [0.4, 0.5) is 9.59 Å². The molecule has 52 heavy (non-hydrogen) atoms. The molecule has 4 amide bonds. The number of alkyl carbamates (subject to hydrolysis) is 2. The molecule has 2 aliphatic heterocycles. The monoisotopic (exact) mass is 714 g/mol. The van der Waals surface area contributed by atoms with Gasteiger partial charge < -0.3 is 39.9 Å². The number of nitrogens with zero attached hydrogens (tertiary/aromatic N) is 4. The number of carbonyl (C=O) groups is 4. The highest BCUT2D eigenvalue weighted by atomic mass is 16.5. The molecule has 2 bridgehead atoms. The van der Waals surface area contributed by atoms with E-state index < -0.39 is 24.3 Å². The summed E-state index contributed by atoms with van der Waals surface area (Å²) in [5.41, 5.74) is 4.74. The van der Waals surface area contributed by atoms with Crippen LogP contribution in [0.2, 0.25) is 0 Å². The van der Waals surface area contributed by atoms with Crippen LogP contribution in [0, 0.1) is 0 Å². The number of likely N-dealkylation sites (tertiary alicyclic amines) is 2. The quantitative estimate of drug-likeness (QED) is 0.235. The Labute approximate surface area is 303 Å². The second-order valence-electron chi connectivity index (χ2n) is 15.1. The van der Waals surface area contributed by atoms with Gasteiger partial charge in [-0.15, -0.1) is 0 Å². The fourth-order valence-corrected chi connectivity index (χ4v) is 9.18. The van der Waals surface area contributed by atoms with Gasteiger partial charge in [0.05, 0.1) is 38.2 Å². The average molecular weight is 715 g/mol. The molecule has 5 aliphatic rings. The van der Waals surface area contributed by atoms with Gasteiger partial charge in [-0.1, -0.05) is 24.3 Å². The second-order valence-corrected chi connectivity index (χ2v) is 15.1. The molecule has 2 aromatic heterocycles. The Morgan fingerprint density at radius 2 is 1.21 bits per heavy atom. The van der Waals surface area contributed by atoms with E-state index in [0.29, 0.717) is 13.1 Å². The number of benzene rings is 1. The van der Waals surface area contributed by atoms with Gasteiger partial charge in [0.15, 0.2) is 0 Å². The van der Waals surface area contributed by atoms with Crippen LogP contribution in [0.5, 0.6) is 0 Å². The molecule has 5 fully saturated rings. The minimum Gasteiger partial charge on any atom is -0.453 e. The van der Waals surface area contributed by atoms with Gasteiger partial charge in [-0.3, -0.25) is 9.59 Å². The fraction of sp³-hybridized carbons (Fsp3) is 0.579. The molecule has 14 nitrogen and oxygen atoms in total. The molecular formula is C38H50N8O6. The molecule has 3 aliphatic carbocycles. The zero-order chi connectivity index (χ0) is 36.6. The number of aromatic nitrogens is 4. The van der Waals surface area contributed by atoms with E-state index in [0.717, 1.165) is 87.1 Å². The Bertz CT molecular complexity index is 1780. The van der Waals surface area contributed by atoms with E-state index in [4.69, 9.17) is 4.98 Å². The SMILES string of the molecule is COC(=O)N[C@@H](C)C(=O)N1CCC[C@H]1c1ncc(-c2ccc(C34CCC(c5cnc([C@@H]6CCCN6C(=O)[C@@H](C)NC(=O)OC)[nH]5)(CC3)CC4)cc2)[nH]1. The van der Waals surface area contributed by atoms with E-state index in [2.05, 4.69) is 59.3 Å². The lowest BCUT2D eigenvalue weighted by Gasteiger charge is -2.53. The number of hydrogen-bond donors (Lipinski definition) is 4. The molecule has 0 unspecified atom stereocenters. The molecule has 278 valence electrons. The second kappa shape index (κ2) is 14.3. The predicted molar refractivity (Wildman–Crippen MR) is 191 cm³/mol. The van der Waals surface area contributed by atoms with Gasteiger partial charge >= 0.3 is 12.2 Å². The number of amides is 4. The van der Waals surface area contributed by atoms with Crippen LogP contribution in [0.15, 0.2) is 36.7 Å². The molecule has 4 atom stereocenters. The fourth-order valence-electron chi connectivity index (χ4n) is 9.18. The van der Waals surface area contributed by atoms with Crippen molar-refractivity contribution in [2.24, 2.45) is 0 Å². The van der Waals surface area contributed by atoms with Crippen molar-refractivity contribution >= 4 is 24.0 Å². The Kier molecular flexibility index (Phi) is 9.75. The third kappa shape index (κ3) is 6.51. The zero-order valence-electron chi connectivity index (χ0n) is 30.5. The van der Waals surface area contributed by atoms with Gasteiger partial charge in [0.2, 0.25) is 11.8 Å². The lowest BCUT2D eigenvalue weighted by molar-refractivity contribution is -0.134. The minimum absolute atomic E-state index is 0.0646. The third-order valence-corrected chi connectivity index (χ3v) is 12.3. The number of carbonyl (C=O) groups excluding carboxylic acids is 4. The van der Waals surface area contributed by atoms with Gasteiger partial charge in [0.1, 0.15) is 23.7 Å². The smallest absolute Gasteiger partial charge is 0.407 e. The molecule has 3 saturated carbocycles. The molecule has 1 aromatic carbocycles. The van der Waals surface area contributed by atoms with Gasteiger partial charge in [-0.05, 0) is 94.6 Å². The standard InChI is InChI=1S/C38H50N8O6/c1-23(41-35(49)51-3)33(47)45-19-5-7-28(45)31-39-21-27(43-31)25-9-11-26(12-10-25)37-13-16-38(17-14-37,18-15-37)30-22-40-32(44-30)29-8-6-20-46(29)34(48)24(2)42-36(50)52-4/h9-12,21-24,28-29H,5-8,13-20H2,1-4H3,(H,39,43)(H,40,44)(H,41,49)(H,42,50)/t23-,24+,28-,29-,37?,38?/m0/s1. The van der Waals surface area contributed by atoms with Crippen LogP contribution in [-0.4, -0.2) is 93.1 Å².